The average Bonchev–Trinajstić information content (AvgIpc) is 2.99. The van der Waals surface area contributed by atoms with Gasteiger partial charge in [-0.25, -0.2) is 0 Å². The van der Waals surface area contributed by atoms with E-state index in [2.05, 4.69) is 50.3 Å². The number of unbranched alkanes of at least 4 members (excludes halogenated alkanes) is 4. The Labute approximate surface area is 235 Å². The van der Waals surface area contributed by atoms with Crippen molar-refractivity contribution in [2.24, 2.45) is 5.92 Å². The zero-order valence-electron chi connectivity index (χ0n) is 23.7. The number of nitriles is 2. The van der Waals surface area contributed by atoms with Gasteiger partial charge in [0.1, 0.15) is 17.9 Å². The van der Waals surface area contributed by atoms with E-state index in [1.807, 2.05) is 36.4 Å². The predicted molar refractivity (Wildman–Crippen MR) is 161 cm³/mol. The third-order valence-electron chi connectivity index (χ3n) is 8.37. The molecule has 0 spiro atoms. The lowest BCUT2D eigenvalue weighted by Crippen LogP contribution is -2.13. The van der Waals surface area contributed by atoms with E-state index < -0.39 is 0 Å². The summed E-state index contributed by atoms with van der Waals surface area (Å²) < 4.78 is 5.84. The summed E-state index contributed by atoms with van der Waals surface area (Å²) in [6, 6.07) is 25.2. The van der Waals surface area contributed by atoms with Crippen LogP contribution in [0.25, 0.3) is 22.3 Å². The lowest BCUT2D eigenvalue weighted by Gasteiger charge is -2.29. The fourth-order valence-corrected chi connectivity index (χ4v) is 5.99. The molecule has 0 saturated heterocycles. The first-order valence-corrected chi connectivity index (χ1v) is 15.0. The van der Waals surface area contributed by atoms with Crippen LogP contribution in [0.1, 0.15) is 107 Å². The zero-order chi connectivity index (χ0) is 27.5. The maximum Gasteiger partial charge on any atom is 0.119 e. The maximum atomic E-state index is 10.1. The summed E-state index contributed by atoms with van der Waals surface area (Å²) in [5.41, 5.74) is 5.77. The summed E-state index contributed by atoms with van der Waals surface area (Å²) in [7, 11) is 0. The molecule has 0 atom stereocenters. The Morgan fingerprint density at radius 1 is 0.667 bits per heavy atom. The molecular weight excluding hydrogens is 476 g/mol. The second kappa shape index (κ2) is 14.6. The highest BCUT2D eigenvalue weighted by Gasteiger charge is 2.22. The summed E-state index contributed by atoms with van der Waals surface area (Å²) in [5.74, 6) is 2.37. The van der Waals surface area contributed by atoms with Gasteiger partial charge in [0, 0.05) is 11.1 Å². The van der Waals surface area contributed by atoms with Crippen molar-refractivity contribution in [2.75, 3.05) is 6.61 Å². The summed E-state index contributed by atoms with van der Waals surface area (Å²) in [6.45, 7) is 5.17. The fraction of sp³-hybridized carbons (Fsp3) is 0.444. The molecule has 202 valence electrons. The molecule has 0 aromatic heterocycles. The molecule has 1 saturated carbocycles. The smallest absolute Gasteiger partial charge is 0.119 e. The first kappa shape index (κ1) is 28.4. The van der Waals surface area contributed by atoms with Gasteiger partial charge in [-0.05, 0) is 72.8 Å². The molecular formula is C36H42N2O. The Bertz CT molecular complexity index is 1270. The van der Waals surface area contributed by atoms with Crippen molar-refractivity contribution in [1.29, 1.82) is 10.5 Å². The second-order valence-electron chi connectivity index (χ2n) is 11.0. The monoisotopic (exact) mass is 518 g/mol. The Balaban J connectivity index is 1.47. The number of nitrogens with zero attached hydrogens (tertiary/aromatic N) is 2. The molecule has 0 N–H and O–H groups in total. The first-order chi connectivity index (χ1) is 19.2. The lowest BCUT2D eigenvalue weighted by molar-refractivity contribution is 0.303. The van der Waals surface area contributed by atoms with Gasteiger partial charge in [0.25, 0.3) is 0 Å². The molecule has 3 nitrogen and oxygen atoms in total. The standard InChI is InChI=1S/C36H42N2O/c1-3-5-7-9-27-10-12-28(13-11-27)29-14-16-30(17-15-29)33-22-23-34(36(26-38)35(33)25-37)31-18-20-32(21-19-31)39-24-8-6-4-2/h14-23,27-28H,3-13,24H2,1-2H3/t27-,28-. The largest absolute Gasteiger partial charge is 0.494 e. The number of hydrogen-bond acceptors (Lipinski definition) is 3. The van der Waals surface area contributed by atoms with Crippen LogP contribution in [0, 0.1) is 28.6 Å². The third kappa shape index (κ3) is 7.30. The molecule has 4 rings (SSSR count). The Hall–Kier alpha value is -3.56. The van der Waals surface area contributed by atoms with Crippen LogP contribution in [0.15, 0.2) is 60.7 Å². The maximum absolute atomic E-state index is 10.1. The predicted octanol–water partition coefficient (Wildman–Crippen LogP) is 10.2. The minimum atomic E-state index is 0.428. The Kier molecular flexibility index (Phi) is 10.6. The quantitative estimate of drug-likeness (QED) is 0.224. The molecule has 3 aromatic rings. The van der Waals surface area contributed by atoms with Gasteiger partial charge in [-0.2, -0.15) is 10.5 Å². The number of rotatable bonds is 12. The van der Waals surface area contributed by atoms with Gasteiger partial charge in [0.2, 0.25) is 0 Å². The SMILES string of the molecule is CCCCCOc1ccc(-c2ccc(-c3ccc([C@H]4CC[C@H](CCCCC)CC4)cc3)c(C#N)c2C#N)cc1. The van der Waals surface area contributed by atoms with Crippen LogP contribution >= 0.6 is 0 Å². The summed E-state index contributed by atoms with van der Waals surface area (Å²) in [4.78, 5) is 0. The van der Waals surface area contributed by atoms with Crippen LogP contribution < -0.4 is 4.74 Å². The highest BCUT2D eigenvalue weighted by molar-refractivity contribution is 5.82. The van der Waals surface area contributed by atoms with Crippen molar-refractivity contribution in [1.82, 2.24) is 0 Å². The molecule has 0 radical (unpaired) electrons. The molecule has 3 aromatic carbocycles. The van der Waals surface area contributed by atoms with Crippen molar-refractivity contribution >= 4 is 0 Å². The van der Waals surface area contributed by atoms with E-state index >= 15 is 0 Å². The minimum Gasteiger partial charge on any atom is -0.494 e. The van der Waals surface area contributed by atoms with Gasteiger partial charge in [0.15, 0.2) is 0 Å². The number of benzene rings is 3. The van der Waals surface area contributed by atoms with Crippen molar-refractivity contribution in [2.45, 2.75) is 90.4 Å². The van der Waals surface area contributed by atoms with Gasteiger partial charge < -0.3 is 4.74 Å². The highest BCUT2D eigenvalue weighted by atomic mass is 16.5. The average molecular weight is 519 g/mol. The lowest BCUT2D eigenvalue weighted by atomic mass is 9.77. The van der Waals surface area contributed by atoms with E-state index in [0.29, 0.717) is 23.7 Å². The van der Waals surface area contributed by atoms with E-state index in [-0.39, 0.29) is 0 Å². The van der Waals surface area contributed by atoms with Crippen LogP contribution in [-0.4, -0.2) is 6.61 Å². The van der Waals surface area contributed by atoms with E-state index in [4.69, 9.17) is 4.74 Å². The van der Waals surface area contributed by atoms with E-state index in [1.54, 1.807) is 0 Å². The molecule has 0 heterocycles. The number of hydrogen-bond donors (Lipinski definition) is 0. The van der Waals surface area contributed by atoms with Crippen molar-refractivity contribution < 1.29 is 4.74 Å². The first-order valence-electron chi connectivity index (χ1n) is 15.0. The molecule has 0 unspecified atom stereocenters. The van der Waals surface area contributed by atoms with Gasteiger partial charge in [0.05, 0.1) is 17.7 Å². The topological polar surface area (TPSA) is 56.8 Å². The number of ether oxygens (including phenoxy) is 1. The van der Waals surface area contributed by atoms with E-state index in [0.717, 1.165) is 46.8 Å². The Morgan fingerprint density at radius 3 is 1.74 bits per heavy atom. The van der Waals surface area contributed by atoms with Gasteiger partial charge in [-0.1, -0.05) is 101 Å². The van der Waals surface area contributed by atoms with E-state index in [9.17, 15) is 10.5 Å². The molecule has 3 heteroatoms. The summed E-state index contributed by atoms with van der Waals surface area (Å²) in [6.07, 6.45) is 14.0. The van der Waals surface area contributed by atoms with Crippen LogP contribution in [0.4, 0.5) is 0 Å². The van der Waals surface area contributed by atoms with Crippen molar-refractivity contribution in [3.8, 4) is 40.1 Å². The summed E-state index contributed by atoms with van der Waals surface area (Å²) in [5, 5.41) is 20.1. The molecule has 0 aliphatic heterocycles. The summed E-state index contributed by atoms with van der Waals surface area (Å²) >= 11 is 0. The molecule has 1 aliphatic carbocycles. The zero-order valence-corrected chi connectivity index (χ0v) is 23.7. The Morgan fingerprint density at radius 2 is 1.21 bits per heavy atom. The molecule has 1 fully saturated rings. The third-order valence-corrected chi connectivity index (χ3v) is 8.37. The normalized spacial score (nSPS) is 16.8. The molecule has 0 amide bonds. The van der Waals surface area contributed by atoms with Gasteiger partial charge in [-0.3, -0.25) is 0 Å². The molecule has 0 bridgehead atoms. The second-order valence-corrected chi connectivity index (χ2v) is 11.0. The molecule has 39 heavy (non-hydrogen) atoms. The highest BCUT2D eigenvalue weighted by Crippen LogP contribution is 2.39. The van der Waals surface area contributed by atoms with Crippen LogP contribution in [-0.2, 0) is 0 Å². The minimum absolute atomic E-state index is 0.428. The van der Waals surface area contributed by atoms with Crippen LogP contribution in [0.3, 0.4) is 0 Å². The van der Waals surface area contributed by atoms with Crippen molar-refractivity contribution in [3.05, 3.63) is 77.4 Å². The van der Waals surface area contributed by atoms with E-state index in [1.165, 1.54) is 63.4 Å². The fourth-order valence-electron chi connectivity index (χ4n) is 5.99. The molecule has 1 aliphatic rings. The van der Waals surface area contributed by atoms with Crippen LogP contribution in [0.2, 0.25) is 0 Å². The van der Waals surface area contributed by atoms with Crippen LogP contribution in [0.5, 0.6) is 5.75 Å². The van der Waals surface area contributed by atoms with Gasteiger partial charge in [-0.15, -0.1) is 0 Å². The van der Waals surface area contributed by atoms with Gasteiger partial charge >= 0.3 is 0 Å². The van der Waals surface area contributed by atoms with Crippen molar-refractivity contribution in [3.63, 3.8) is 0 Å².